The molecule has 0 bridgehead atoms. The lowest BCUT2D eigenvalue weighted by Gasteiger charge is -2.28. The molecule has 1 amide bonds. The third kappa shape index (κ3) is 5.79. The molecular weight excluding hydrogens is 408 g/mol. The van der Waals surface area contributed by atoms with E-state index in [2.05, 4.69) is 5.32 Å². The SMILES string of the molecule is CCOc1cccc(CNC(=O)[C@H](C)N(c2ccc(OC)c(OC)c2)S(C)(=O)=O)c1. The minimum absolute atomic E-state index is 0.244. The Hall–Kier alpha value is -2.94. The number of carbonyl (C=O) groups excluding carboxylic acids is 1. The van der Waals surface area contributed by atoms with E-state index in [0.717, 1.165) is 16.1 Å². The van der Waals surface area contributed by atoms with Gasteiger partial charge in [0, 0.05) is 12.6 Å². The summed E-state index contributed by atoms with van der Waals surface area (Å²) in [6.07, 6.45) is 1.05. The van der Waals surface area contributed by atoms with E-state index in [0.29, 0.717) is 29.5 Å². The van der Waals surface area contributed by atoms with Crippen LogP contribution >= 0.6 is 0 Å². The zero-order valence-corrected chi connectivity index (χ0v) is 18.7. The molecule has 1 atom stereocenters. The molecule has 0 heterocycles. The number of amides is 1. The number of carbonyl (C=O) groups is 1. The summed E-state index contributed by atoms with van der Waals surface area (Å²) in [5, 5.41) is 2.78. The second-order valence-electron chi connectivity index (χ2n) is 6.57. The molecule has 0 unspecified atom stereocenters. The van der Waals surface area contributed by atoms with Gasteiger partial charge in [0.25, 0.3) is 0 Å². The minimum atomic E-state index is -3.75. The van der Waals surface area contributed by atoms with Crippen LogP contribution in [0.15, 0.2) is 42.5 Å². The Morgan fingerprint density at radius 1 is 1.10 bits per heavy atom. The summed E-state index contributed by atoms with van der Waals surface area (Å²) in [4.78, 5) is 12.8. The van der Waals surface area contributed by atoms with Crippen LogP contribution in [-0.2, 0) is 21.4 Å². The normalized spacial score (nSPS) is 12.0. The lowest BCUT2D eigenvalue weighted by Crippen LogP contribution is -2.47. The van der Waals surface area contributed by atoms with Gasteiger partial charge in [-0.3, -0.25) is 9.10 Å². The van der Waals surface area contributed by atoms with Crippen LogP contribution in [0, 0.1) is 0 Å². The highest BCUT2D eigenvalue weighted by Gasteiger charge is 2.29. The fraction of sp³-hybridized carbons (Fsp3) is 0.381. The molecule has 0 radical (unpaired) electrons. The predicted molar refractivity (Wildman–Crippen MR) is 116 cm³/mol. The quantitative estimate of drug-likeness (QED) is 0.615. The first-order valence-corrected chi connectivity index (χ1v) is 11.3. The van der Waals surface area contributed by atoms with Crippen molar-refractivity contribution < 1.29 is 27.4 Å². The van der Waals surface area contributed by atoms with Crippen LogP contribution in [0.4, 0.5) is 5.69 Å². The number of nitrogens with one attached hydrogen (secondary N) is 1. The Bertz CT molecular complexity index is 977. The Balaban J connectivity index is 2.22. The molecule has 0 aliphatic heterocycles. The topological polar surface area (TPSA) is 94.2 Å². The van der Waals surface area contributed by atoms with E-state index in [-0.39, 0.29) is 6.54 Å². The number of rotatable bonds is 10. The van der Waals surface area contributed by atoms with Crippen LogP contribution in [0.1, 0.15) is 19.4 Å². The molecule has 9 heteroatoms. The van der Waals surface area contributed by atoms with Crippen molar-refractivity contribution >= 4 is 21.6 Å². The van der Waals surface area contributed by atoms with Gasteiger partial charge in [0.2, 0.25) is 15.9 Å². The van der Waals surface area contributed by atoms with Gasteiger partial charge in [-0.05, 0) is 43.7 Å². The van der Waals surface area contributed by atoms with Crippen molar-refractivity contribution in [3.05, 3.63) is 48.0 Å². The van der Waals surface area contributed by atoms with Crippen LogP contribution in [-0.4, -0.2) is 47.4 Å². The standard InChI is InChI=1S/C21H28N2O6S/c1-6-29-18-9-7-8-16(12-18)14-22-21(24)15(2)23(30(5,25)26)17-10-11-19(27-3)20(13-17)28-4/h7-13,15H,6,14H2,1-5H3,(H,22,24)/t15-/m0/s1. The van der Waals surface area contributed by atoms with Gasteiger partial charge >= 0.3 is 0 Å². The van der Waals surface area contributed by atoms with Gasteiger partial charge in [0.1, 0.15) is 11.8 Å². The first kappa shape index (κ1) is 23.3. The molecule has 0 fully saturated rings. The molecule has 164 valence electrons. The maximum atomic E-state index is 12.8. The van der Waals surface area contributed by atoms with Gasteiger partial charge in [-0.2, -0.15) is 0 Å². The second-order valence-corrected chi connectivity index (χ2v) is 8.43. The molecule has 30 heavy (non-hydrogen) atoms. The third-order valence-corrected chi connectivity index (χ3v) is 5.63. The summed E-state index contributed by atoms with van der Waals surface area (Å²) >= 11 is 0. The molecule has 0 aromatic heterocycles. The third-order valence-electron chi connectivity index (χ3n) is 4.39. The van der Waals surface area contributed by atoms with Crippen LogP contribution in [0.3, 0.4) is 0 Å². The zero-order valence-electron chi connectivity index (χ0n) is 17.8. The van der Waals surface area contributed by atoms with E-state index in [1.807, 2.05) is 31.2 Å². The highest BCUT2D eigenvalue weighted by Crippen LogP contribution is 2.33. The van der Waals surface area contributed by atoms with Crippen molar-refractivity contribution in [3.8, 4) is 17.2 Å². The molecule has 0 spiro atoms. The number of hydrogen-bond donors (Lipinski definition) is 1. The lowest BCUT2D eigenvalue weighted by atomic mass is 10.2. The van der Waals surface area contributed by atoms with Gasteiger partial charge in [0.05, 0.1) is 32.8 Å². The molecule has 1 N–H and O–H groups in total. The average molecular weight is 437 g/mol. The Morgan fingerprint density at radius 2 is 1.80 bits per heavy atom. The summed E-state index contributed by atoms with van der Waals surface area (Å²) in [7, 11) is -0.802. The van der Waals surface area contributed by atoms with Gasteiger partial charge in [-0.1, -0.05) is 12.1 Å². The van der Waals surface area contributed by atoms with E-state index in [1.54, 1.807) is 12.1 Å². The summed E-state index contributed by atoms with van der Waals surface area (Å²) < 4.78 is 41.9. The van der Waals surface area contributed by atoms with Crippen LogP contribution in [0.5, 0.6) is 17.2 Å². The smallest absolute Gasteiger partial charge is 0.243 e. The van der Waals surface area contributed by atoms with Crippen molar-refractivity contribution in [1.29, 1.82) is 0 Å². The van der Waals surface area contributed by atoms with Crippen molar-refractivity contribution in [2.24, 2.45) is 0 Å². The molecule has 0 saturated carbocycles. The van der Waals surface area contributed by atoms with E-state index in [9.17, 15) is 13.2 Å². The molecule has 2 aromatic rings. The number of benzene rings is 2. The van der Waals surface area contributed by atoms with Crippen LogP contribution in [0.25, 0.3) is 0 Å². The Labute approximate surface area is 177 Å². The fourth-order valence-electron chi connectivity index (χ4n) is 3.02. The molecule has 0 aliphatic carbocycles. The number of methoxy groups -OCH3 is 2. The number of ether oxygens (including phenoxy) is 3. The van der Waals surface area contributed by atoms with Crippen molar-refractivity contribution in [3.63, 3.8) is 0 Å². The maximum absolute atomic E-state index is 12.8. The predicted octanol–water partition coefficient (Wildman–Crippen LogP) is 2.57. The van der Waals surface area contributed by atoms with Crippen LogP contribution in [0.2, 0.25) is 0 Å². The minimum Gasteiger partial charge on any atom is -0.494 e. The van der Waals surface area contributed by atoms with Crippen molar-refractivity contribution in [2.45, 2.75) is 26.4 Å². The molecule has 8 nitrogen and oxygen atoms in total. The average Bonchev–Trinajstić information content (AvgIpc) is 2.71. The first-order chi connectivity index (χ1) is 14.2. The van der Waals surface area contributed by atoms with E-state index in [4.69, 9.17) is 14.2 Å². The Morgan fingerprint density at radius 3 is 2.40 bits per heavy atom. The first-order valence-electron chi connectivity index (χ1n) is 9.42. The van der Waals surface area contributed by atoms with Gasteiger partial charge in [-0.15, -0.1) is 0 Å². The summed E-state index contributed by atoms with van der Waals surface area (Å²) in [6, 6.07) is 11.1. The van der Waals surface area contributed by atoms with E-state index < -0.39 is 22.0 Å². The number of hydrogen-bond acceptors (Lipinski definition) is 6. The summed E-state index contributed by atoms with van der Waals surface area (Å²) in [5.41, 5.74) is 1.15. The highest BCUT2D eigenvalue weighted by atomic mass is 32.2. The van der Waals surface area contributed by atoms with Crippen LogP contribution < -0.4 is 23.8 Å². The second kappa shape index (κ2) is 10.2. The van der Waals surface area contributed by atoms with E-state index >= 15 is 0 Å². The Kier molecular flexibility index (Phi) is 7.93. The molecule has 2 rings (SSSR count). The van der Waals surface area contributed by atoms with Gasteiger partial charge in [0.15, 0.2) is 11.5 Å². The number of sulfonamides is 1. The van der Waals surface area contributed by atoms with Crippen molar-refractivity contribution in [2.75, 3.05) is 31.4 Å². The zero-order chi connectivity index (χ0) is 22.3. The van der Waals surface area contributed by atoms with Gasteiger partial charge in [-0.25, -0.2) is 8.42 Å². The molecule has 2 aromatic carbocycles. The fourth-order valence-corrected chi connectivity index (χ4v) is 4.19. The lowest BCUT2D eigenvalue weighted by molar-refractivity contribution is -0.122. The number of nitrogens with zero attached hydrogens (tertiary/aromatic N) is 1. The summed E-state index contributed by atoms with van der Waals surface area (Å²) in [6.45, 7) is 4.21. The van der Waals surface area contributed by atoms with E-state index in [1.165, 1.54) is 27.2 Å². The number of anilines is 1. The summed E-state index contributed by atoms with van der Waals surface area (Å²) in [5.74, 6) is 1.10. The highest BCUT2D eigenvalue weighted by molar-refractivity contribution is 7.92. The molecule has 0 aliphatic rings. The van der Waals surface area contributed by atoms with Gasteiger partial charge < -0.3 is 19.5 Å². The largest absolute Gasteiger partial charge is 0.494 e. The molecular formula is C21H28N2O6S. The van der Waals surface area contributed by atoms with Crippen molar-refractivity contribution in [1.82, 2.24) is 5.32 Å². The molecule has 0 saturated heterocycles. The maximum Gasteiger partial charge on any atom is 0.243 e. The monoisotopic (exact) mass is 436 g/mol.